The smallest absolute Gasteiger partial charge is 0.239 e. The van der Waals surface area contributed by atoms with Crippen LogP contribution in [0.1, 0.15) is 51.9 Å². The van der Waals surface area contributed by atoms with Crippen molar-refractivity contribution in [2.24, 2.45) is 11.8 Å². The average molecular weight is 335 g/mol. The van der Waals surface area contributed by atoms with Crippen LogP contribution in [0, 0.1) is 11.8 Å². The summed E-state index contributed by atoms with van der Waals surface area (Å²) in [6.45, 7) is 6.25. The minimum atomic E-state index is 0.0298. The van der Waals surface area contributed by atoms with E-state index in [1.54, 1.807) is 0 Å². The highest BCUT2D eigenvalue weighted by Gasteiger charge is 2.40. The number of hydrogen-bond donors (Lipinski definition) is 0. The van der Waals surface area contributed by atoms with E-state index in [1.807, 2.05) is 16.8 Å². The van der Waals surface area contributed by atoms with Gasteiger partial charge in [-0.15, -0.1) is 0 Å². The number of piperazine rings is 1. The summed E-state index contributed by atoms with van der Waals surface area (Å²) < 4.78 is 0. The van der Waals surface area contributed by atoms with Gasteiger partial charge in [-0.1, -0.05) is 19.8 Å². The molecule has 0 radical (unpaired) electrons. The molecule has 3 aliphatic rings. The van der Waals surface area contributed by atoms with Crippen LogP contribution in [-0.4, -0.2) is 72.3 Å². The van der Waals surface area contributed by atoms with E-state index >= 15 is 0 Å². The molecule has 5 heteroatoms. The first-order valence-electron chi connectivity index (χ1n) is 9.89. The zero-order chi connectivity index (χ0) is 17.1. The van der Waals surface area contributed by atoms with Gasteiger partial charge < -0.3 is 9.80 Å². The van der Waals surface area contributed by atoms with E-state index in [2.05, 4.69) is 11.8 Å². The van der Waals surface area contributed by atoms with Crippen LogP contribution in [0.15, 0.2) is 0 Å². The van der Waals surface area contributed by atoms with Gasteiger partial charge >= 0.3 is 0 Å². The Morgan fingerprint density at radius 3 is 2.21 bits per heavy atom. The summed E-state index contributed by atoms with van der Waals surface area (Å²) in [6.07, 6.45) is 8.02. The minimum absolute atomic E-state index is 0.0298. The van der Waals surface area contributed by atoms with Gasteiger partial charge in [-0.3, -0.25) is 14.5 Å². The van der Waals surface area contributed by atoms with Crippen LogP contribution in [0.4, 0.5) is 0 Å². The quantitative estimate of drug-likeness (QED) is 0.745. The highest BCUT2D eigenvalue weighted by molar-refractivity contribution is 5.82. The molecular formula is C19H33N3O2. The van der Waals surface area contributed by atoms with Crippen molar-refractivity contribution in [3.05, 3.63) is 0 Å². The highest BCUT2D eigenvalue weighted by atomic mass is 16.2. The highest BCUT2D eigenvalue weighted by Crippen LogP contribution is 2.33. The lowest BCUT2D eigenvalue weighted by atomic mass is 9.94. The molecule has 0 aromatic rings. The maximum absolute atomic E-state index is 13.1. The molecule has 3 fully saturated rings. The van der Waals surface area contributed by atoms with Crippen molar-refractivity contribution in [2.75, 3.05) is 39.8 Å². The summed E-state index contributed by atoms with van der Waals surface area (Å²) in [5.41, 5.74) is 0. The van der Waals surface area contributed by atoms with Crippen LogP contribution >= 0.6 is 0 Å². The Hall–Kier alpha value is -1.10. The van der Waals surface area contributed by atoms with Crippen molar-refractivity contribution in [1.29, 1.82) is 0 Å². The predicted octanol–water partition coefficient (Wildman–Crippen LogP) is 1.97. The molecule has 2 amide bonds. The lowest BCUT2D eigenvalue weighted by molar-refractivity contribution is -0.141. The van der Waals surface area contributed by atoms with Crippen LogP contribution in [0.3, 0.4) is 0 Å². The third kappa shape index (κ3) is 3.93. The first-order valence-corrected chi connectivity index (χ1v) is 9.89. The summed E-state index contributed by atoms with van der Waals surface area (Å²) in [7, 11) is 1.95. The molecule has 5 nitrogen and oxygen atoms in total. The van der Waals surface area contributed by atoms with E-state index in [1.165, 1.54) is 25.7 Å². The van der Waals surface area contributed by atoms with Crippen molar-refractivity contribution >= 4 is 11.8 Å². The molecule has 1 saturated heterocycles. The van der Waals surface area contributed by atoms with Gasteiger partial charge in [0.1, 0.15) is 0 Å². The number of carbonyl (C=O) groups excluding carboxylic acids is 2. The first-order chi connectivity index (χ1) is 11.6. The van der Waals surface area contributed by atoms with Gasteiger partial charge in [0.25, 0.3) is 0 Å². The molecule has 1 unspecified atom stereocenters. The second-order valence-electron chi connectivity index (χ2n) is 7.88. The van der Waals surface area contributed by atoms with E-state index in [9.17, 15) is 9.59 Å². The predicted molar refractivity (Wildman–Crippen MR) is 94.6 cm³/mol. The van der Waals surface area contributed by atoms with E-state index in [0.717, 1.165) is 52.0 Å². The lowest BCUT2D eigenvalue weighted by Gasteiger charge is -2.42. The SMILES string of the molecule is CCCN(C)C(=O)C(C1CCCC1)N1CCN(C(=O)C2CC2)CC1. The van der Waals surface area contributed by atoms with Crippen molar-refractivity contribution in [3.63, 3.8) is 0 Å². The van der Waals surface area contributed by atoms with Gasteiger partial charge in [0.15, 0.2) is 0 Å². The molecular weight excluding hydrogens is 302 g/mol. The standard InChI is InChI=1S/C19H33N3O2/c1-3-10-20(2)19(24)17(15-6-4-5-7-15)21-11-13-22(14-12-21)18(23)16-8-9-16/h15-17H,3-14H2,1-2H3. The first kappa shape index (κ1) is 17.7. The Kier molecular flexibility index (Phi) is 5.80. The Labute approximate surface area is 146 Å². The van der Waals surface area contributed by atoms with Crippen LogP contribution in [-0.2, 0) is 9.59 Å². The Bertz CT molecular complexity index is 450. The molecule has 1 atom stereocenters. The molecule has 2 aliphatic carbocycles. The average Bonchev–Trinajstić information content (AvgIpc) is 3.31. The van der Waals surface area contributed by atoms with Crippen molar-refractivity contribution in [2.45, 2.75) is 57.9 Å². The second kappa shape index (κ2) is 7.85. The van der Waals surface area contributed by atoms with E-state index in [4.69, 9.17) is 0 Å². The van der Waals surface area contributed by atoms with Crippen molar-refractivity contribution in [3.8, 4) is 0 Å². The topological polar surface area (TPSA) is 43.9 Å². The van der Waals surface area contributed by atoms with Crippen LogP contribution in [0.2, 0.25) is 0 Å². The maximum atomic E-state index is 13.1. The second-order valence-corrected chi connectivity index (χ2v) is 7.88. The van der Waals surface area contributed by atoms with Crippen LogP contribution in [0.5, 0.6) is 0 Å². The zero-order valence-electron chi connectivity index (χ0n) is 15.4. The van der Waals surface area contributed by atoms with Crippen molar-refractivity contribution in [1.82, 2.24) is 14.7 Å². The zero-order valence-corrected chi connectivity index (χ0v) is 15.4. The molecule has 136 valence electrons. The van der Waals surface area contributed by atoms with Crippen LogP contribution < -0.4 is 0 Å². The number of likely N-dealkylation sites (N-methyl/N-ethyl adjacent to an activating group) is 1. The van der Waals surface area contributed by atoms with E-state index in [-0.39, 0.29) is 6.04 Å². The third-order valence-electron chi connectivity index (χ3n) is 5.98. The molecule has 24 heavy (non-hydrogen) atoms. The molecule has 2 saturated carbocycles. The molecule has 3 rings (SSSR count). The van der Waals surface area contributed by atoms with Gasteiger partial charge in [0.2, 0.25) is 11.8 Å². The molecule has 1 heterocycles. The summed E-state index contributed by atoms with van der Waals surface area (Å²) in [6, 6.07) is 0.0298. The Balaban J connectivity index is 1.62. The Morgan fingerprint density at radius 2 is 1.67 bits per heavy atom. The van der Waals surface area contributed by atoms with Gasteiger partial charge in [0, 0.05) is 45.7 Å². The lowest BCUT2D eigenvalue weighted by Crippen LogP contribution is -2.58. The molecule has 0 N–H and O–H groups in total. The van der Waals surface area contributed by atoms with Crippen molar-refractivity contribution < 1.29 is 9.59 Å². The molecule has 0 aromatic heterocycles. The van der Waals surface area contributed by atoms with Crippen LogP contribution in [0.25, 0.3) is 0 Å². The fourth-order valence-electron chi connectivity index (χ4n) is 4.41. The number of rotatable bonds is 6. The summed E-state index contributed by atoms with van der Waals surface area (Å²) in [5, 5.41) is 0. The molecule has 0 spiro atoms. The van der Waals surface area contributed by atoms with E-state index in [0.29, 0.717) is 23.7 Å². The molecule has 0 aromatic carbocycles. The van der Waals surface area contributed by atoms with E-state index < -0.39 is 0 Å². The number of amides is 2. The van der Waals surface area contributed by atoms with Gasteiger partial charge in [-0.25, -0.2) is 0 Å². The van der Waals surface area contributed by atoms with Gasteiger partial charge in [-0.05, 0) is 38.0 Å². The summed E-state index contributed by atoms with van der Waals surface area (Å²) in [4.78, 5) is 31.6. The molecule has 0 bridgehead atoms. The Morgan fingerprint density at radius 1 is 1.04 bits per heavy atom. The number of nitrogens with zero attached hydrogens (tertiary/aromatic N) is 3. The number of carbonyl (C=O) groups is 2. The fraction of sp³-hybridized carbons (Fsp3) is 0.895. The monoisotopic (exact) mass is 335 g/mol. The summed E-state index contributed by atoms with van der Waals surface area (Å²) in [5.74, 6) is 1.45. The van der Waals surface area contributed by atoms with Gasteiger partial charge in [0.05, 0.1) is 6.04 Å². The largest absolute Gasteiger partial charge is 0.344 e. The number of hydrogen-bond acceptors (Lipinski definition) is 3. The maximum Gasteiger partial charge on any atom is 0.239 e. The normalized spacial score (nSPS) is 24.2. The third-order valence-corrected chi connectivity index (χ3v) is 5.98. The minimum Gasteiger partial charge on any atom is -0.344 e. The van der Waals surface area contributed by atoms with Gasteiger partial charge in [-0.2, -0.15) is 0 Å². The molecule has 1 aliphatic heterocycles. The summed E-state index contributed by atoms with van der Waals surface area (Å²) >= 11 is 0. The fourth-order valence-corrected chi connectivity index (χ4v) is 4.41.